The van der Waals surface area contributed by atoms with Gasteiger partial charge in [-0.2, -0.15) is 0 Å². The number of nitrogens with one attached hydrogen (secondary N) is 1. The van der Waals surface area contributed by atoms with Gasteiger partial charge >= 0.3 is 5.97 Å². The molecule has 2 aromatic carbocycles. The fourth-order valence-electron chi connectivity index (χ4n) is 7.47. The molecule has 1 fully saturated rings. The number of carbonyl (C=O) groups is 3. The summed E-state index contributed by atoms with van der Waals surface area (Å²) < 4.78 is 5.18. The molecule has 3 aromatic rings. The van der Waals surface area contributed by atoms with E-state index < -0.39 is 24.5 Å². The van der Waals surface area contributed by atoms with Gasteiger partial charge in [-0.3, -0.25) is 14.4 Å². The molecule has 0 bridgehead atoms. The van der Waals surface area contributed by atoms with E-state index in [2.05, 4.69) is 28.3 Å². The van der Waals surface area contributed by atoms with Gasteiger partial charge in [0.25, 0.3) is 0 Å². The summed E-state index contributed by atoms with van der Waals surface area (Å²) >= 11 is 0. The topological polar surface area (TPSA) is 122 Å². The van der Waals surface area contributed by atoms with E-state index in [1.165, 1.54) is 49.0 Å². The maximum Gasteiger partial charge on any atom is 0.323 e. The number of amides is 2. The number of benzene rings is 2. The Kier molecular flexibility index (Phi) is 12.8. The molecule has 1 unspecified atom stereocenters. The minimum atomic E-state index is -1.13. The summed E-state index contributed by atoms with van der Waals surface area (Å²) in [6.45, 7) is 5.58. The SMILES string of the molecule is CC[C@H]1CC[C@H](C2CC=C(c3cnc(-c4ccc(CN(CC(=O)O)C(=O)[C@@H](NC(=O)Cc5ccc(OC)cc5)C(C)C)cc4)nc3)CC2)CC1. The predicted octanol–water partition coefficient (Wildman–Crippen LogP) is 7.35. The summed E-state index contributed by atoms with van der Waals surface area (Å²) in [5.41, 5.74) is 4.79. The Bertz CT molecular complexity index is 1610. The lowest BCUT2D eigenvalue weighted by atomic mass is 9.71. The van der Waals surface area contributed by atoms with Crippen LogP contribution in [0.25, 0.3) is 17.0 Å². The van der Waals surface area contributed by atoms with Gasteiger partial charge in [-0.1, -0.05) is 82.5 Å². The average Bonchev–Trinajstić information content (AvgIpc) is 3.14. The van der Waals surface area contributed by atoms with Gasteiger partial charge in [0, 0.05) is 30.1 Å². The van der Waals surface area contributed by atoms with Gasteiger partial charge in [0.15, 0.2) is 5.82 Å². The number of aromatic nitrogens is 2. The second-order valence-electron chi connectivity index (χ2n) is 14.3. The maximum atomic E-state index is 13.7. The highest BCUT2D eigenvalue weighted by molar-refractivity contribution is 5.90. The Labute approximate surface area is 296 Å². The minimum Gasteiger partial charge on any atom is -0.497 e. The third kappa shape index (κ3) is 9.79. The number of ether oxygens (including phenoxy) is 1. The van der Waals surface area contributed by atoms with Gasteiger partial charge < -0.3 is 20.1 Å². The maximum absolute atomic E-state index is 13.7. The standard InChI is InChI=1S/C41H52N4O5/c1-5-28-6-12-31(13-7-28)32-16-18-33(19-17-32)35-23-42-40(43-24-35)34-14-8-30(9-15-34)25-45(26-38(47)48)41(49)39(27(2)3)44-37(46)22-29-10-20-36(50-4)21-11-29/h8-11,14-15,18,20-21,23-24,27-28,31-32,39H,5-7,12-13,16-17,19,22,25-26H2,1-4H3,(H,44,46)(H,47,48)/t28-,31-,32?,39-/m0/s1. The summed E-state index contributed by atoms with van der Waals surface area (Å²) in [5, 5.41) is 12.5. The molecule has 9 nitrogen and oxygen atoms in total. The molecular weight excluding hydrogens is 628 g/mol. The van der Waals surface area contributed by atoms with Crippen LogP contribution >= 0.6 is 0 Å². The third-order valence-corrected chi connectivity index (χ3v) is 10.6. The van der Waals surface area contributed by atoms with Crippen LogP contribution in [0, 0.1) is 23.7 Å². The number of nitrogens with zero attached hydrogens (tertiary/aromatic N) is 3. The lowest BCUT2D eigenvalue weighted by molar-refractivity contribution is -0.147. The smallest absolute Gasteiger partial charge is 0.323 e. The Morgan fingerprint density at radius 2 is 1.56 bits per heavy atom. The van der Waals surface area contributed by atoms with Crippen molar-refractivity contribution in [3.8, 4) is 17.1 Å². The van der Waals surface area contributed by atoms with Crippen molar-refractivity contribution in [1.82, 2.24) is 20.2 Å². The molecule has 266 valence electrons. The highest BCUT2D eigenvalue weighted by Crippen LogP contribution is 2.41. The average molecular weight is 681 g/mol. The van der Waals surface area contributed by atoms with E-state index >= 15 is 0 Å². The molecule has 0 saturated heterocycles. The van der Waals surface area contributed by atoms with Crippen molar-refractivity contribution < 1.29 is 24.2 Å². The van der Waals surface area contributed by atoms with Crippen LogP contribution in [0.3, 0.4) is 0 Å². The number of rotatable bonds is 14. The number of methoxy groups -OCH3 is 1. The number of hydrogen-bond acceptors (Lipinski definition) is 6. The first-order chi connectivity index (χ1) is 24.1. The van der Waals surface area contributed by atoms with Crippen molar-refractivity contribution in [3.05, 3.63) is 83.7 Å². The van der Waals surface area contributed by atoms with Crippen molar-refractivity contribution in [3.63, 3.8) is 0 Å². The Balaban J connectivity index is 1.19. The molecule has 2 aliphatic carbocycles. The fraction of sp³-hybridized carbons (Fsp3) is 0.488. The summed E-state index contributed by atoms with van der Waals surface area (Å²) in [4.78, 5) is 49.0. The zero-order chi connectivity index (χ0) is 35.6. The normalized spacial score (nSPS) is 19.7. The van der Waals surface area contributed by atoms with E-state index in [1.54, 1.807) is 31.4 Å². The van der Waals surface area contributed by atoms with E-state index in [-0.39, 0.29) is 24.8 Å². The largest absolute Gasteiger partial charge is 0.497 e. The van der Waals surface area contributed by atoms with Crippen molar-refractivity contribution in [2.75, 3.05) is 13.7 Å². The van der Waals surface area contributed by atoms with Crippen LogP contribution in [0.1, 0.15) is 88.8 Å². The zero-order valence-corrected chi connectivity index (χ0v) is 29.9. The Morgan fingerprint density at radius 3 is 2.12 bits per heavy atom. The second kappa shape index (κ2) is 17.4. The quantitative estimate of drug-likeness (QED) is 0.183. The van der Waals surface area contributed by atoms with Gasteiger partial charge in [-0.05, 0) is 84.6 Å². The van der Waals surface area contributed by atoms with E-state index in [0.717, 1.165) is 52.8 Å². The third-order valence-electron chi connectivity index (χ3n) is 10.6. The highest BCUT2D eigenvalue weighted by atomic mass is 16.5. The molecule has 2 amide bonds. The van der Waals surface area contributed by atoms with Gasteiger partial charge in [0.2, 0.25) is 11.8 Å². The molecular formula is C41H52N4O5. The number of allylic oxidation sites excluding steroid dienone is 2. The first-order valence-corrected chi connectivity index (χ1v) is 18.2. The van der Waals surface area contributed by atoms with E-state index in [1.807, 2.05) is 50.5 Å². The lowest BCUT2D eigenvalue weighted by Crippen LogP contribution is -2.52. The summed E-state index contributed by atoms with van der Waals surface area (Å²) in [6, 6.07) is 13.8. The highest BCUT2D eigenvalue weighted by Gasteiger charge is 2.31. The first kappa shape index (κ1) is 36.7. The van der Waals surface area contributed by atoms with Crippen LogP contribution in [0.2, 0.25) is 0 Å². The molecule has 50 heavy (non-hydrogen) atoms. The Hall–Kier alpha value is -4.53. The predicted molar refractivity (Wildman–Crippen MR) is 195 cm³/mol. The molecule has 5 rings (SSSR count). The molecule has 2 atom stereocenters. The summed E-state index contributed by atoms with van der Waals surface area (Å²) in [7, 11) is 1.58. The molecule has 2 N–H and O–H groups in total. The molecule has 1 heterocycles. The van der Waals surface area contributed by atoms with Gasteiger partial charge in [0.1, 0.15) is 18.3 Å². The van der Waals surface area contributed by atoms with Crippen LogP contribution in [0.4, 0.5) is 0 Å². The number of aliphatic carboxylic acids is 1. The van der Waals surface area contributed by atoms with Crippen molar-refractivity contribution in [2.24, 2.45) is 23.7 Å². The molecule has 0 spiro atoms. The number of carbonyl (C=O) groups excluding carboxylic acids is 2. The van der Waals surface area contributed by atoms with Gasteiger partial charge in [0.05, 0.1) is 13.5 Å². The number of hydrogen-bond donors (Lipinski definition) is 2. The monoisotopic (exact) mass is 680 g/mol. The molecule has 0 radical (unpaired) electrons. The number of carboxylic acids is 1. The molecule has 9 heteroatoms. The number of carboxylic acid groups (broad SMARTS) is 1. The molecule has 0 aliphatic heterocycles. The second-order valence-corrected chi connectivity index (χ2v) is 14.3. The van der Waals surface area contributed by atoms with Gasteiger partial charge in [-0.15, -0.1) is 0 Å². The molecule has 1 aromatic heterocycles. The fourth-order valence-corrected chi connectivity index (χ4v) is 7.47. The van der Waals surface area contributed by atoms with Crippen LogP contribution in [0.5, 0.6) is 5.75 Å². The van der Waals surface area contributed by atoms with Crippen LogP contribution in [0.15, 0.2) is 67.0 Å². The summed E-state index contributed by atoms with van der Waals surface area (Å²) in [5.74, 6) is 1.77. The van der Waals surface area contributed by atoms with Gasteiger partial charge in [-0.25, -0.2) is 9.97 Å². The van der Waals surface area contributed by atoms with Crippen molar-refractivity contribution in [1.29, 1.82) is 0 Å². The van der Waals surface area contributed by atoms with E-state index in [4.69, 9.17) is 4.74 Å². The summed E-state index contributed by atoms with van der Waals surface area (Å²) in [6.07, 6.45) is 16.7. The molecule has 1 saturated carbocycles. The van der Waals surface area contributed by atoms with E-state index in [9.17, 15) is 19.5 Å². The van der Waals surface area contributed by atoms with Crippen LogP contribution in [-0.2, 0) is 27.3 Å². The lowest BCUT2D eigenvalue weighted by Gasteiger charge is -2.35. The van der Waals surface area contributed by atoms with Crippen molar-refractivity contribution in [2.45, 2.75) is 91.1 Å². The first-order valence-electron chi connectivity index (χ1n) is 18.2. The van der Waals surface area contributed by atoms with E-state index in [0.29, 0.717) is 11.6 Å². The zero-order valence-electron chi connectivity index (χ0n) is 29.9. The van der Waals surface area contributed by atoms with Crippen molar-refractivity contribution >= 4 is 23.4 Å². The van der Waals surface area contributed by atoms with Crippen LogP contribution < -0.4 is 10.1 Å². The Morgan fingerprint density at radius 1 is 0.900 bits per heavy atom. The minimum absolute atomic E-state index is 0.0813. The molecule has 2 aliphatic rings. The van der Waals surface area contributed by atoms with Crippen LogP contribution in [-0.4, -0.2) is 57.5 Å².